The number of nitrogens with one attached hydrogen (secondary N) is 1. The summed E-state index contributed by atoms with van der Waals surface area (Å²) < 4.78 is 5.38. The highest BCUT2D eigenvalue weighted by molar-refractivity contribution is 5.29. The van der Waals surface area contributed by atoms with E-state index in [1.807, 2.05) is 0 Å². The van der Waals surface area contributed by atoms with Crippen molar-refractivity contribution in [3.63, 3.8) is 0 Å². The van der Waals surface area contributed by atoms with E-state index in [1.165, 1.54) is 11.1 Å². The van der Waals surface area contributed by atoms with Gasteiger partial charge in [0.1, 0.15) is 0 Å². The molecule has 120 valence electrons. The molecule has 2 nitrogen and oxygen atoms in total. The third kappa shape index (κ3) is 6.19. The first-order chi connectivity index (χ1) is 9.88. The third-order valence-corrected chi connectivity index (χ3v) is 4.08. The summed E-state index contributed by atoms with van der Waals surface area (Å²) in [5, 5.41) is 3.67. The minimum atomic E-state index is 0.218. The van der Waals surface area contributed by atoms with Gasteiger partial charge in [0.05, 0.1) is 6.10 Å². The Morgan fingerprint density at radius 2 is 1.71 bits per heavy atom. The van der Waals surface area contributed by atoms with E-state index in [9.17, 15) is 0 Å². The first kappa shape index (κ1) is 18.2. The summed E-state index contributed by atoms with van der Waals surface area (Å²) in [6.07, 6.45) is 3.68. The van der Waals surface area contributed by atoms with Crippen molar-refractivity contribution in [2.75, 3.05) is 13.7 Å². The molecule has 0 radical (unpaired) electrons. The fourth-order valence-corrected chi connectivity index (χ4v) is 2.44. The molecule has 2 atom stereocenters. The summed E-state index contributed by atoms with van der Waals surface area (Å²) in [7, 11) is 1.79. The molecule has 0 bridgehead atoms. The predicted octanol–water partition coefficient (Wildman–Crippen LogP) is 4.84. The van der Waals surface area contributed by atoms with Gasteiger partial charge in [0.2, 0.25) is 0 Å². The van der Waals surface area contributed by atoms with Crippen LogP contribution in [0.2, 0.25) is 0 Å². The van der Waals surface area contributed by atoms with Gasteiger partial charge in [0.15, 0.2) is 0 Å². The van der Waals surface area contributed by atoms with Crippen molar-refractivity contribution in [1.29, 1.82) is 0 Å². The molecule has 0 heterocycles. The van der Waals surface area contributed by atoms with E-state index >= 15 is 0 Å². The lowest BCUT2D eigenvalue weighted by Crippen LogP contribution is -2.23. The van der Waals surface area contributed by atoms with Crippen molar-refractivity contribution in [2.24, 2.45) is 0 Å². The zero-order valence-electron chi connectivity index (χ0n) is 14.7. The highest BCUT2D eigenvalue weighted by atomic mass is 16.5. The molecule has 0 fully saturated rings. The highest BCUT2D eigenvalue weighted by Gasteiger charge is 2.16. The van der Waals surface area contributed by atoms with Crippen molar-refractivity contribution in [3.05, 3.63) is 35.4 Å². The van der Waals surface area contributed by atoms with Crippen molar-refractivity contribution in [3.8, 4) is 0 Å². The van der Waals surface area contributed by atoms with E-state index < -0.39 is 0 Å². The lowest BCUT2D eigenvalue weighted by molar-refractivity contribution is 0.106. The number of ether oxygens (including phenoxy) is 1. The van der Waals surface area contributed by atoms with Gasteiger partial charge in [-0.3, -0.25) is 0 Å². The Morgan fingerprint density at radius 1 is 1.10 bits per heavy atom. The largest absolute Gasteiger partial charge is 0.382 e. The second-order valence-corrected chi connectivity index (χ2v) is 7.00. The van der Waals surface area contributed by atoms with Gasteiger partial charge < -0.3 is 10.1 Å². The highest BCUT2D eigenvalue weighted by Crippen LogP contribution is 2.26. The van der Waals surface area contributed by atoms with Crippen LogP contribution in [-0.2, 0) is 10.2 Å². The lowest BCUT2D eigenvalue weighted by atomic mass is 9.86. The van der Waals surface area contributed by atoms with Crippen LogP contribution in [0.15, 0.2) is 24.3 Å². The zero-order chi connectivity index (χ0) is 15.9. The van der Waals surface area contributed by atoms with E-state index in [2.05, 4.69) is 64.2 Å². The Kier molecular flexibility index (Phi) is 7.41. The maximum absolute atomic E-state index is 5.38. The molecular formula is C19H33NO. The van der Waals surface area contributed by atoms with Crippen molar-refractivity contribution in [2.45, 2.75) is 71.4 Å². The fraction of sp³-hybridized carbons (Fsp3) is 0.684. The molecule has 2 unspecified atom stereocenters. The molecule has 2 heteroatoms. The van der Waals surface area contributed by atoms with Crippen LogP contribution in [-0.4, -0.2) is 19.8 Å². The molecule has 0 spiro atoms. The van der Waals surface area contributed by atoms with E-state index in [0.717, 1.165) is 25.8 Å². The average molecular weight is 291 g/mol. The lowest BCUT2D eigenvalue weighted by Gasteiger charge is -2.23. The van der Waals surface area contributed by atoms with Gasteiger partial charge in [-0.25, -0.2) is 0 Å². The smallest absolute Gasteiger partial charge is 0.0543 e. The van der Waals surface area contributed by atoms with Crippen LogP contribution in [0.3, 0.4) is 0 Å². The molecule has 0 aliphatic rings. The van der Waals surface area contributed by atoms with Crippen molar-refractivity contribution < 1.29 is 4.74 Å². The molecule has 1 rings (SSSR count). The number of hydrogen-bond acceptors (Lipinski definition) is 2. The predicted molar refractivity (Wildman–Crippen MR) is 91.9 cm³/mol. The standard InChI is InChI=1S/C19H33NO/c1-7-14-20-18(13-8-15(2)21-6)16-9-11-17(12-10-16)19(3,4)5/h9-12,15,18,20H,7-8,13-14H2,1-6H3. The van der Waals surface area contributed by atoms with Crippen LogP contribution in [0, 0.1) is 0 Å². The minimum absolute atomic E-state index is 0.218. The number of methoxy groups -OCH3 is 1. The summed E-state index contributed by atoms with van der Waals surface area (Å²) in [5.41, 5.74) is 3.00. The van der Waals surface area contributed by atoms with Crippen LogP contribution >= 0.6 is 0 Å². The molecule has 21 heavy (non-hydrogen) atoms. The van der Waals surface area contributed by atoms with E-state index in [-0.39, 0.29) is 5.41 Å². The van der Waals surface area contributed by atoms with E-state index in [4.69, 9.17) is 4.74 Å². The van der Waals surface area contributed by atoms with Crippen LogP contribution in [0.25, 0.3) is 0 Å². The Balaban J connectivity index is 2.77. The Bertz CT molecular complexity index is 391. The molecule has 0 aliphatic heterocycles. The van der Waals surface area contributed by atoms with Crippen LogP contribution in [0.1, 0.15) is 71.0 Å². The Labute approximate surface area is 131 Å². The molecule has 0 amide bonds. The fourth-order valence-electron chi connectivity index (χ4n) is 2.44. The maximum atomic E-state index is 5.38. The maximum Gasteiger partial charge on any atom is 0.0543 e. The molecule has 1 aromatic rings. The summed E-state index contributed by atoms with van der Waals surface area (Å²) in [5.74, 6) is 0. The van der Waals surface area contributed by atoms with E-state index in [1.54, 1.807) is 7.11 Å². The van der Waals surface area contributed by atoms with Crippen LogP contribution in [0.4, 0.5) is 0 Å². The van der Waals surface area contributed by atoms with E-state index in [0.29, 0.717) is 12.1 Å². The van der Waals surface area contributed by atoms with Gasteiger partial charge in [-0.1, -0.05) is 52.0 Å². The molecule has 0 saturated carbocycles. The SMILES string of the molecule is CCCNC(CCC(C)OC)c1ccc(C(C)(C)C)cc1. The van der Waals surface area contributed by atoms with Crippen molar-refractivity contribution in [1.82, 2.24) is 5.32 Å². The first-order valence-electron chi connectivity index (χ1n) is 8.25. The zero-order valence-corrected chi connectivity index (χ0v) is 14.7. The van der Waals surface area contributed by atoms with Gasteiger partial charge in [-0.2, -0.15) is 0 Å². The first-order valence-corrected chi connectivity index (χ1v) is 8.25. The minimum Gasteiger partial charge on any atom is -0.382 e. The van der Waals surface area contributed by atoms with Gasteiger partial charge in [-0.05, 0) is 49.3 Å². The van der Waals surface area contributed by atoms with Gasteiger partial charge in [-0.15, -0.1) is 0 Å². The Hall–Kier alpha value is -0.860. The number of hydrogen-bond donors (Lipinski definition) is 1. The quantitative estimate of drug-likeness (QED) is 0.740. The molecule has 0 aliphatic carbocycles. The summed E-state index contributed by atoms with van der Waals surface area (Å²) in [4.78, 5) is 0. The average Bonchev–Trinajstić information content (AvgIpc) is 2.46. The monoisotopic (exact) mass is 291 g/mol. The third-order valence-electron chi connectivity index (χ3n) is 4.08. The second-order valence-electron chi connectivity index (χ2n) is 7.00. The van der Waals surface area contributed by atoms with Crippen LogP contribution in [0.5, 0.6) is 0 Å². The normalized spacial score (nSPS) is 15.0. The van der Waals surface area contributed by atoms with Crippen LogP contribution < -0.4 is 5.32 Å². The molecule has 1 aromatic carbocycles. The topological polar surface area (TPSA) is 21.3 Å². The molecule has 0 aromatic heterocycles. The van der Waals surface area contributed by atoms with Gasteiger partial charge >= 0.3 is 0 Å². The molecular weight excluding hydrogens is 258 g/mol. The summed E-state index contributed by atoms with van der Waals surface area (Å²) in [6, 6.07) is 9.54. The summed E-state index contributed by atoms with van der Waals surface area (Å²) in [6.45, 7) is 12.2. The Morgan fingerprint density at radius 3 is 2.19 bits per heavy atom. The summed E-state index contributed by atoms with van der Waals surface area (Å²) >= 11 is 0. The molecule has 0 saturated heterocycles. The molecule has 1 N–H and O–H groups in total. The van der Waals surface area contributed by atoms with Crippen molar-refractivity contribution >= 4 is 0 Å². The van der Waals surface area contributed by atoms with Gasteiger partial charge in [0, 0.05) is 13.2 Å². The number of rotatable bonds is 8. The number of benzene rings is 1. The van der Waals surface area contributed by atoms with Gasteiger partial charge in [0.25, 0.3) is 0 Å². The second kappa shape index (κ2) is 8.55.